The summed E-state index contributed by atoms with van der Waals surface area (Å²) in [7, 11) is 0. The molecule has 0 aromatic heterocycles. The molecule has 1 heterocycles. The molecule has 0 aliphatic carbocycles. The molecule has 144 valence electrons. The quantitative estimate of drug-likeness (QED) is 0.661. The summed E-state index contributed by atoms with van der Waals surface area (Å²) in [5, 5.41) is 3.00. The lowest BCUT2D eigenvalue weighted by Crippen LogP contribution is -2.24. The molecule has 2 aromatic carbocycles. The largest absolute Gasteiger partial charge is 0.494 e. The van der Waals surface area contributed by atoms with Crippen molar-refractivity contribution in [1.29, 1.82) is 0 Å². The van der Waals surface area contributed by atoms with E-state index in [-0.39, 0.29) is 5.91 Å². The second-order valence-corrected chi connectivity index (χ2v) is 7.82. The zero-order valence-corrected chi connectivity index (χ0v) is 16.8. The molecule has 0 spiro atoms. The van der Waals surface area contributed by atoms with Crippen LogP contribution in [0.1, 0.15) is 30.9 Å². The summed E-state index contributed by atoms with van der Waals surface area (Å²) >= 11 is 1.54. The number of hydrogen-bond donors (Lipinski definition) is 1. The Morgan fingerprint density at radius 1 is 1.04 bits per heavy atom. The number of benzene rings is 2. The molecule has 0 atom stereocenters. The summed E-state index contributed by atoms with van der Waals surface area (Å²) in [4.78, 5) is 15.7. The predicted molar refractivity (Wildman–Crippen MR) is 111 cm³/mol. The van der Waals surface area contributed by atoms with Crippen molar-refractivity contribution in [2.75, 3.05) is 25.4 Å². The van der Waals surface area contributed by atoms with Gasteiger partial charge in [-0.2, -0.15) is 0 Å². The smallest absolute Gasteiger partial charge is 0.230 e. The maximum atomic E-state index is 12.1. The fourth-order valence-electron chi connectivity index (χ4n) is 3.16. The van der Waals surface area contributed by atoms with Gasteiger partial charge in [-0.15, -0.1) is 11.8 Å². The summed E-state index contributed by atoms with van der Waals surface area (Å²) in [6, 6.07) is 16.4. The van der Waals surface area contributed by atoms with Crippen LogP contribution in [-0.2, 0) is 17.9 Å². The fraction of sp³-hybridized carbons (Fsp3) is 0.409. The summed E-state index contributed by atoms with van der Waals surface area (Å²) in [6.07, 6.45) is 2.64. The Morgan fingerprint density at radius 3 is 2.37 bits per heavy atom. The highest BCUT2D eigenvalue weighted by Crippen LogP contribution is 2.21. The van der Waals surface area contributed by atoms with Crippen molar-refractivity contribution in [2.45, 2.75) is 37.8 Å². The number of ether oxygens (including phenoxy) is 1. The molecule has 27 heavy (non-hydrogen) atoms. The van der Waals surface area contributed by atoms with Gasteiger partial charge in [-0.05, 0) is 68.2 Å². The Hall–Kier alpha value is -1.98. The molecule has 1 N–H and O–H groups in total. The van der Waals surface area contributed by atoms with Gasteiger partial charge in [0.05, 0.1) is 12.4 Å². The zero-order chi connectivity index (χ0) is 18.9. The first-order valence-corrected chi connectivity index (χ1v) is 10.6. The van der Waals surface area contributed by atoms with Gasteiger partial charge in [-0.25, -0.2) is 0 Å². The minimum Gasteiger partial charge on any atom is -0.494 e. The third-order valence-electron chi connectivity index (χ3n) is 4.62. The number of thioether (sulfide) groups is 1. The van der Waals surface area contributed by atoms with E-state index < -0.39 is 0 Å². The van der Waals surface area contributed by atoms with Crippen LogP contribution in [0.15, 0.2) is 53.4 Å². The molecule has 3 rings (SSSR count). The summed E-state index contributed by atoms with van der Waals surface area (Å²) < 4.78 is 5.43. The van der Waals surface area contributed by atoms with Crippen LogP contribution in [0, 0.1) is 0 Å². The van der Waals surface area contributed by atoms with Crippen LogP contribution in [0.4, 0.5) is 0 Å². The molecular formula is C22H28N2O2S. The Labute approximate surface area is 166 Å². The van der Waals surface area contributed by atoms with Crippen molar-refractivity contribution in [2.24, 2.45) is 0 Å². The van der Waals surface area contributed by atoms with Gasteiger partial charge in [0.1, 0.15) is 5.75 Å². The minimum atomic E-state index is 0.0510. The molecular weight excluding hydrogens is 356 g/mol. The number of rotatable bonds is 9. The standard InChI is InChI=1S/C22H28N2O2S/c1-2-26-20-9-11-21(12-10-20)27-17-22(25)23-15-18-5-7-19(8-6-18)16-24-13-3-4-14-24/h5-12H,2-4,13-17H2,1H3,(H,23,25). The van der Waals surface area contributed by atoms with E-state index in [4.69, 9.17) is 4.74 Å². The van der Waals surface area contributed by atoms with E-state index in [1.807, 2.05) is 31.2 Å². The Bertz CT molecular complexity index is 710. The van der Waals surface area contributed by atoms with Crippen LogP contribution in [0.5, 0.6) is 5.75 Å². The topological polar surface area (TPSA) is 41.6 Å². The minimum absolute atomic E-state index is 0.0510. The van der Waals surface area contributed by atoms with E-state index in [0.717, 1.165) is 22.8 Å². The first kappa shape index (κ1) is 19.8. The Morgan fingerprint density at radius 2 is 1.70 bits per heavy atom. The molecule has 4 nitrogen and oxygen atoms in total. The van der Waals surface area contributed by atoms with Crippen molar-refractivity contribution in [1.82, 2.24) is 10.2 Å². The average Bonchev–Trinajstić information content (AvgIpc) is 3.20. The number of likely N-dealkylation sites (tertiary alicyclic amines) is 1. The average molecular weight is 385 g/mol. The summed E-state index contributed by atoms with van der Waals surface area (Å²) in [5.41, 5.74) is 2.48. The van der Waals surface area contributed by atoms with Crippen LogP contribution in [0.2, 0.25) is 0 Å². The fourth-order valence-corrected chi connectivity index (χ4v) is 3.89. The van der Waals surface area contributed by atoms with Crippen molar-refractivity contribution >= 4 is 17.7 Å². The highest BCUT2D eigenvalue weighted by Gasteiger charge is 2.11. The Balaban J connectivity index is 1.38. The number of carbonyl (C=O) groups is 1. The molecule has 0 radical (unpaired) electrons. The molecule has 1 fully saturated rings. The summed E-state index contributed by atoms with van der Waals surface area (Å²) in [5.74, 6) is 1.33. The first-order valence-electron chi connectivity index (χ1n) is 9.65. The van der Waals surface area contributed by atoms with Crippen LogP contribution < -0.4 is 10.1 Å². The molecule has 0 bridgehead atoms. The van der Waals surface area contributed by atoms with Crippen molar-refractivity contribution < 1.29 is 9.53 Å². The number of nitrogens with zero attached hydrogens (tertiary/aromatic N) is 1. The van der Waals surface area contributed by atoms with E-state index >= 15 is 0 Å². The lowest BCUT2D eigenvalue weighted by atomic mass is 10.1. The second kappa shape index (κ2) is 10.4. The molecule has 2 aromatic rings. The molecule has 0 saturated carbocycles. The van der Waals surface area contributed by atoms with E-state index in [1.165, 1.54) is 43.3 Å². The number of nitrogens with one attached hydrogen (secondary N) is 1. The monoisotopic (exact) mass is 384 g/mol. The van der Waals surface area contributed by atoms with E-state index in [1.54, 1.807) is 0 Å². The van der Waals surface area contributed by atoms with Crippen molar-refractivity contribution in [3.63, 3.8) is 0 Å². The summed E-state index contributed by atoms with van der Waals surface area (Å²) in [6.45, 7) is 6.66. The van der Waals surface area contributed by atoms with Gasteiger partial charge >= 0.3 is 0 Å². The van der Waals surface area contributed by atoms with E-state index in [9.17, 15) is 4.79 Å². The first-order chi connectivity index (χ1) is 13.2. The maximum absolute atomic E-state index is 12.1. The van der Waals surface area contributed by atoms with Crippen LogP contribution >= 0.6 is 11.8 Å². The number of amides is 1. The SMILES string of the molecule is CCOc1ccc(SCC(=O)NCc2ccc(CN3CCCC3)cc2)cc1. The molecule has 1 aliphatic rings. The normalized spacial score (nSPS) is 14.3. The van der Waals surface area contributed by atoms with E-state index in [2.05, 4.69) is 34.5 Å². The van der Waals surface area contributed by atoms with Gasteiger partial charge in [-0.1, -0.05) is 24.3 Å². The molecule has 1 amide bonds. The molecule has 1 aliphatic heterocycles. The van der Waals surface area contributed by atoms with E-state index in [0.29, 0.717) is 18.9 Å². The third kappa shape index (κ3) is 6.60. The van der Waals surface area contributed by atoms with Gasteiger partial charge in [-0.3, -0.25) is 9.69 Å². The van der Waals surface area contributed by atoms with Crippen LogP contribution in [0.25, 0.3) is 0 Å². The van der Waals surface area contributed by atoms with Gasteiger partial charge in [0.25, 0.3) is 0 Å². The van der Waals surface area contributed by atoms with Gasteiger partial charge in [0.15, 0.2) is 0 Å². The third-order valence-corrected chi connectivity index (χ3v) is 5.63. The molecule has 0 unspecified atom stereocenters. The number of carbonyl (C=O) groups excluding carboxylic acids is 1. The zero-order valence-electron chi connectivity index (χ0n) is 15.9. The Kier molecular flexibility index (Phi) is 7.60. The van der Waals surface area contributed by atoms with Crippen molar-refractivity contribution in [3.05, 3.63) is 59.7 Å². The van der Waals surface area contributed by atoms with Gasteiger partial charge in [0.2, 0.25) is 5.91 Å². The van der Waals surface area contributed by atoms with Crippen molar-refractivity contribution in [3.8, 4) is 5.75 Å². The number of hydrogen-bond acceptors (Lipinski definition) is 4. The lowest BCUT2D eigenvalue weighted by Gasteiger charge is -2.14. The molecule has 5 heteroatoms. The van der Waals surface area contributed by atoms with Gasteiger partial charge < -0.3 is 10.1 Å². The van der Waals surface area contributed by atoms with Gasteiger partial charge in [0, 0.05) is 18.0 Å². The highest BCUT2D eigenvalue weighted by atomic mass is 32.2. The molecule has 1 saturated heterocycles. The second-order valence-electron chi connectivity index (χ2n) is 6.77. The van der Waals surface area contributed by atoms with Crippen LogP contribution in [-0.4, -0.2) is 36.3 Å². The highest BCUT2D eigenvalue weighted by molar-refractivity contribution is 8.00. The van der Waals surface area contributed by atoms with Crippen LogP contribution in [0.3, 0.4) is 0 Å². The maximum Gasteiger partial charge on any atom is 0.230 e. The predicted octanol–water partition coefficient (Wildman–Crippen LogP) is 4.09. The lowest BCUT2D eigenvalue weighted by molar-refractivity contribution is -0.118.